The molecule has 0 saturated carbocycles. The van der Waals surface area contributed by atoms with Crippen LogP contribution in [0.2, 0.25) is 0 Å². The van der Waals surface area contributed by atoms with Gasteiger partial charge in [-0.1, -0.05) is 71.4 Å². The zero-order chi connectivity index (χ0) is 36.2. The summed E-state index contributed by atoms with van der Waals surface area (Å²) >= 11 is 0. The second-order valence-corrected chi connectivity index (χ2v) is 14.4. The van der Waals surface area contributed by atoms with Gasteiger partial charge in [0.15, 0.2) is 0 Å². The van der Waals surface area contributed by atoms with E-state index in [1.807, 2.05) is 69.9 Å². The van der Waals surface area contributed by atoms with Gasteiger partial charge in [-0.2, -0.15) is 0 Å². The molecule has 11 nitrogen and oxygen atoms in total. The molecule has 1 saturated heterocycles. The van der Waals surface area contributed by atoms with Crippen molar-refractivity contribution in [3.8, 4) is 0 Å². The van der Waals surface area contributed by atoms with E-state index in [1.54, 1.807) is 40.0 Å². The average Bonchev–Trinajstić information content (AvgIpc) is 3.56. The van der Waals surface area contributed by atoms with E-state index in [4.69, 9.17) is 15.2 Å². The van der Waals surface area contributed by atoms with Gasteiger partial charge in [-0.05, 0) is 50.5 Å². The number of methoxy groups -OCH3 is 2. The molecule has 2 rings (SSSR count). The third-order valence-electron chi connectivity index (χ3n) is 10.2. The van der Waals surface area contributed by atoms with Gasteiger partial charge >= 0.3 is 0 Å². The van der Waals surface area contributed by atoms with Crippen molar-refractivity contribution in [2.45, 2.75) is 111 Å². The number of amides is 4. The van der Waals surface area contributed by atoms with Crippen molar-refractivity contribution in [3.05, 3.63) is 35.9 Å². The number of nitrogens with two attached hydrogens (primary N) is 1. The van der Waals surface area contributed by atoms with Crippen LogP contribution in [0.4, 0.5) is 0 Å². The molecule has 0 aliphatic carbocycles. The van der Waals surface area contributed by atoms with Gasteiger partial charge in [-0.15, -0.1) is 0 Å². The Balaban J connectivity index is 2.20. The number of carbonyl (C=O) groups is 4. The molecule has 0 bridgehead atoms. The average molecular weight is 674 g/mol. The highest BCUT2D eigenvalue weighted by Crippen LogP contribution is 2.29. The maximum absolute atomic E-state index is 14.0. The smallest absolute Gasteiger partial charge is 0.245 e. The number of ether oxygens (including phenoxy) is 2. The van der Waals surface area contributed by atoms with E-state index in [0.29, 0.717) is 13.1 Å². The highest BCUT2D eigenvalue weighted by atomic mass is 16.5. The van der Waals surface area contributed by atoms with Crippen molar-refractivity contribution in [1.29, 1.82) is 0 Å². The summed E-state index contributed by atoms with van der Waals surface area (Å²) in [7, 11) is 4.89. The molecule has 1 aliphatic rings. The molecule has 1 fully saturated rings. The summed E-state index contributed by atoms with van der Waals surface area (Å²) < 4.78 is 11.9. The number of likely N-dealkylation sites (N-methyl/N-ethyl adjacent to an activating group) is 1. The van der Waals surface area contributed by atoms with Gasteiger partial charge in [0, 0.05) is 40.9 Å². The summed E-state index contributed by atoms with van der Waals surface area (Å²) in [5, 5.41) is 5.97. The van der Waals surface area contributed by atoms with Crippen LogP contribution in [0, 0.1) is 23.2 Å². The first-order valence-corrected chi connectivity index (χ1v) is 17.6. The Morgan fingerprint density at radius 3 is 2.25 bits per heavy atom. The predicted octanol–water partition coefficient (Wildman–Crippen LogP) is 3.39. The summed E-state index contributed by atoms with van der Waals surface area (Å²) in [5.74, 6) is -1.37. The van der Waals surface area contributed by atoms with E-state index in [0.717, 1.165) is 31.2 Å². The van der Waals surface area contributed by atoms with E-state index >= 15 is 0 Å². The van der Waals surface area contributed by atoms with Crippen molar-refractivity contribution >= 4 is 23.6 Å². The largest absolute Gasteiger partial charge is 0.379 e. The first-order valence-electron chi connectivity index (χ1n) is 17.6. The number of nitrogens with zero attached hydrogens (tertiary/aromatic N) is 2. The summed E-state index contributed by atoms with van der Waals surface area (Å²) in [4.78, 5) is 57.7. The normalized spacial score (nSPS) is 18.8. The molecular formula is C37H63N5O6. The molecule has 1 aliphatic heterocycles. The summed E-state index contributed by atoms with van der Waals surface area (Å²) in [5.41, 5.74) is 6.16. The highest BCUT2D eigenvalue weighted by molar-refractivity contribution is 5.90. The monoisotopic (exact) mass is 673 g/mol. The molecule has 272 valence electrons. The van der Waals surface area contributed by atoms with Crippen LogP contribution in [0.5, 0.6) is 0 Å². The van der Waals surface area contributed by atoms with E-state index in [9.17, 15) is 19.2 Å². The second kappa shape index (κ2) is 19.2. The number of hydrogen-bond donors (Lipinski definition) is 3. The molecule has 7 atom stereocenters. The van der Waals surface area contributed by atoms with Gasteiger partial charge in [0.05, 0.1) is 42.0 Å². The lowest BCUT2D eigenvalue weighted by atomic mass is 9.88. The van der Waals surface area contributed by atoms with Crippen molar-refractivity contribution in [2.24, 2.45) is 28.9 Å². The fourth-order valence-electron chi connectivity index (χ4n) is 6.60. The Hall–Kier alpha value is -3.02. The molecule has 0 unspecified atom stereocenters. The molecular weight excluding hydrogens is 610 g/mol. The molecule has 11 heteroatoms. The maximum atomic E-state index is 14.0. The number of likely N-dealkylation sites (tertiary alicyclic amines) is 1. The Morgan fingerprint density at radius 1 is 1.06 bits per heavy atom. The van der Waals surface area contributed by atoms with Gasteiger partial charge in [0.1, 0.15) is 6.04 Å². The quantitative estimate of drug-likeness (QED) is 0.204. The topological polar surface area (TPSA) is 143 Å². The van der Waals surface area contributed by atoms with Crippen LogP contribution in [0.3, 0.4) is 0 Å². The molecule has 1 aromatic rings. The lowest BCUT2D eigenvalue weighted by molar-refractivity contribution is -0.148. The number of benzene rings is 1. The van der Waals surface area contributed by atoms with Gasteiger partial charge in [-0.25, -0.2) is 0 Å². The molecule has 1 aromatic carbocycles. The number of rotatable bonds is 19. The van der Waals surface area contributed by atoms with E-state index in [2.05, 4.69) is 10.6 Å². The van der Waals surface area contributed by atoms with Gasteiger partial charge in [-0.3, -0.25) is 19.2 Å². The molecule has 0 radical (unpaired) electrons. The van der Waals surface area contributed by atoms with Crippen LogP contribution in [0.1, 0.15) is 79.7 Å². The predicted molar refractivity (Wildman–Crippen MR) is 189 cm³/mol. The highest BCUT2D eigenvalue weighted by Gasteiger charge is 2.43. The maximum Gasteiger partial charge on any atom is 0.245 e. The minimum atomic E-state index is -0.823. The molecule has 4 N–H and O–H groups in total. The Kier molecular flexibility index (Phi) is 16.5. The van der Waals surface area contributed by atoms with E-state index in [1.165, 1.54) is 0 Å². The molecule has 4 amide bonds. The van der Waals surface area contributed by atoms with Crippen LogP contribution in [-0.4, -0.2) is 105 Å². The van der Waals surface area contributed by atoms with Gasteiger partial charge in [0.25, 0.3) is 0 Å². The Labute approximate surface area is 289 Å². The van der Waals surface area contributed by atoms with E-state index in [-0.39, 0.29) is 54.5 Å². The summed E-state index contributed by atoms with van der Waals surface area (Å²) in [6, 6.07) is 8.55. The summed E-state index contributed by atoms with van der Waals surface area (Å²) in [6.45, 7) is 14.5. The van der Waals surface area contributed by atoms with Crippen LogP contribution in [-0.2, 0) is 35.1 Å². The fourth-order valence-corrected chi connectivity index (χ4v) is 6.60. The molecule has 1 heterocycles. The van der Waals surface area contributed by atoms with Crippen LogP contribution < -0.4 is 16.4 Å². The minimum Gasteiger partial charge on any atom is -0.379 e. The third-order valence-corrected chi connectivity index (χ3v) is 10.2. The van der Waals surface area contributed by atoms with Crippen molar-refractivity contribution in [2.75, 3.05) is 40.9 Å². The summed E-state index contributed by atoms with van der Waals surface area (Å²) in [6.07, 6.45) is 2.01. The minimum absolute atomic E-state index is 0.00130. The van der Waals surface area contributed by atoms with Crippen molar-refractivity contribution in [3.63, 3.8) is 0 Å². The SMILES string of the molecule is CC[C@H](C)[C@@H]([C@@H](CC(=O)N1CCC[C@H]1[C@H](OC)[C@@H](C)C(=O)NCCc1ccccc1)OC)N(C)C(=O)[C@@H](NC(=O)C(C)(C)CN)C(C)C. The number of carbonyl (C=O) groups excluding carboxylic acids is 4. The lowest BCUT2D eigenvalue weighted by Gasteiger charge is -2.41. The van der Waals surface area contributed by atoms with E-state index < -0.39 is 35.6 Å². The molecule has 0 spiro atoms. The molecule has 48 heavy (non-hydrogen) atoms. The number of hydrogen-bond acceptors (Lipinski definition) is 7. The Bertz CT molecular complexity index is 1180. The third kappa shape index (κ3) is 10.7. The number of nitrogens with one attached hydrogen (secondary N) is 2. The first-order chi connectivity index (χ1) is 22.6. The fraction of sp³-hybridized carbons (Fsp3) is 0.730. The molecule has 0 aromatic heterocycles. The van der Waals surface area contributed by atoms with Gasteiger partial charge < -0.3 is 35.6 Å². The lowest BCUT2D eigenvalue weighted by Crippen LogP contribution is -2.59. The van der Waals surface area contributed by atoms with Crippen molar-refractivity contribution < 1.29 is 28.7 Å². The van der Waals surface area contributed by atoms with Crippen LogP contribution in [0.15, 0.2) is 30.3 Å². The zero-order valence-corrected chi connectivity index (χ0v) is 31.1. The zero-order valence-electron chi connectivity index (χ0n) is 31.1. The second-order valence-electron chi connectivity index (χ2n) is 14.4. The van der Waals surface area contributed by atoms with Crippen molar-refractivity contribution in [1.82, 2.24) is 20.4 Å². The standard InChI is InChI=1S/C37H63N5O6/c1-11-25(4)32(41(8)35(45)31(24(2)3)40-36(46)37(6,7)23-38)29(47-9)22-30(43)42-21-15-18-28(42)33(48-10)26(5)34(44)39-20-19-27-16-13-12-14-17-27/h12-14,16-17,24-26,28-29,31-33H,11,15,18-23,38H2,1-10H3,(H,39,44)(H,40,46)/t25-,26+,28-,29+,31-,32-,33+/m0/s1. The van der Waals surface area contributed by atoms with Crippen LogP contribution in [0.25, 0.3) is 0 Å². The Morgan fingerprint density at radius 2 is 1.71 bits per heavy atom. The van der Waals surface area contributed by atoms with Gasteiger partial charge in [0.2, 0.25) is 23.6 Å². The first kappa shape index (κ1) is 41.2. The van der Waals surface area contributed by atoms with Crippen LogP contribution >= 0.6 is 0 Å².